The monoisotopic (exact) mass is 307 g/mol. The van der Waals surface area contributed by atoms with Gasteiger partial charge in [-0.15, -0.1) is 11.3 Å². The molecule has 3 aromatic rings. The predicted molar refractivity (Wildman–Crippen MR) is 95.6 cm³/mol. The molecule has 0 atom stereocenters. The summed E-state index contributed by atoms with van der Waals surface area (Å²) in [6.45, 7) is 7.62. The summed E-state index contributed by atoms with van der Waals surface area (Å²) in [6.07, 6.45) is 0. The van der Waals surface area contributed by atoms with Crippen LogP contribution in [0, 0.1) is 13.8 Å². The first-order valence-electron chi connectivity index (χ1n) is 7.02. The zero-order chi connectivity index (χ0) is 15.5. The van der Waals surface area contributed by atoms with Gasteiger partial charge in [0, 0.05) is 12.3 Å². The highest BCUT2D eigenvalue weighted by molar-refractivity contribution is 7.13. The Kier molecular flexibility index (Phi) is 4.02. The van der Waals surface area contributed by atoms with Gasteiger partial charge in [0.2, 0.25) is 0 Å². The summed E-state index contributed by atoms with van der Waals surface area (Å²) in [5.41, 5.74) is 11.5. The Hall–Kier alpha value is -2.46. The molecule has 0 bridgehead atoms. The molecular formula is C18H17N3S. The van der Waals surface area contributed by atoms with Crippen LogP contribution in [0.2, 0.25) is 0 Å². The van der Waals surface area contributed by atoms with Crippen molar-refractivity contribution >= 4 is 23.7 Å². The van der Waals surface area contributed by atoms with Gasteiger partial charge >= 0.3 is 0 Å². The predicted octanol–water partition coefficient (Wildman–Crippen LogP) is 5.12. The van der Waals surface area contributed by atoms with Gasteiger partial charge in [-0.2, -0.15) is 5.10 Å². The topological polar surface area (TPSA) is 37.3 Å². The lowest BCUT2D eigenvalue weighted by Crippen LogP contribution is -1.91. The van der Waals surface area contributed by atoms with E-state index in [-0.39, 0.29) is 0 Å². The molecule has 0 saturated carbocycles. The number of aryl methyl sites for hydroxylation is 2. The number of hydrogen-bond acceptors (Lipinski definition) is 4. The summed E-state index contributed by atoms with van der Waals surface area (Å²) < 4.78 is 0. The average molecular weight is 307 g/mol. The molecule has 0 saturated heterocycles. The third-order valence-corrected chi connectivity index (χ3v) is 4.42. The van der Waals surface area contributed by atoms with Crippen molar-refractivity contribution in [2.24, 2.45) is 5.10 Å². The van der Waals surface area contributed by atoms with Crippen molar-refractivity contribution < 1.29 is 0 Å². The molecule has 4 heteroatoms. The van der Waals surface area contributed by atoms with Crippen LogP contribution in [-0.2, 0) is 0 Å². The molecule has 0 amide bonds. The van der Waals surface area contributed by atoms with Crippen molar-refractivity contribution in [2.75, 3.05) is 5.43 Å². The molecule has 3 rings (SSSR count). The van der Waals surface area contributed by atoms with Crippen LogP contribution in [0.4, 0.5) is 5.69 Å². The minimum absolute atomic E-state index is 0.973. The fraction of sp³-hybridized carbons (Fsp3) is 0.111. The average Bonchev–Trinajstić information content (AvgIpc) is 2.99. The highest BCUT2D eigenvalue weighted by Gasteiger charge is 2.12. The first-order chi connectivity index (χ1) is 10.7. The van der Waals surface area contributed by atoms with Crippen LogP contribution in [0.1, 0.15) is 11.1 Å². The van der Waals surface area contributed by atoms with Crippen LogP contribution in [0.25, 0.3) is 21.7 Å². The zero-order valence-corrected chi connectivity index (χ0v) is 13.4. The first kappa shape index (κ1) is 14.5. The van der Waals surface area contributed by atoms with Gasteiger partial charge in [-0.3, -0.25) is 5.43 Å². The molecule has 1 N–H and O–H groups in total. The summed E-state index contributed by atoms with van der Waals surface area (Å²) in [5.74, 6) is 0. The molecule has 22 heavy (non-hydrogen) atoms. The lowest BCUT2D eigenvalue weighted by Gasteiger charge is -2.08. The van der Waals surface area contributed by atoms with Crippen molar-refractivity contribution in [3.8, 4) is 21.7 Å². The van der Waals surface area contributed by atoms with Gasteiger partial charge in [-0.1, -0.05) is 29.8 Å². The summed E-state index contributed by atoms with van der Waals surface area (Å²) in [4.78, 5) is 5.75. The van der Waals surface area contributed by atoms with E-state index in [4.69, 9.17) is 0 Å². The SMILES string of the molecule is C=NNc1ccc(-c2scnc2-c2cccc(C)c2)cc1C. The van der Waals surface area contributed by atoms with E-state index in [0.717, 1.165) is 22.5 Å². The lowest BCUT2D eigenvalue weighted by molar-refractivity contribution is 1.32. The van der Waals surface area contributed by atoms with E-state index in [1.807, 2.05) is 11.6 Å². The number of rotatable bonds is 4. The molecule has 110 valence electrons. The molecule has 0 aliphatic heterocycles. The Morgan fingerprint density at radius 3 is 2.68 bits per heavy atom. The largest absolute Gasteiger partial charge is 0.279 e. The maximum atomic E-state index is 4.57. The van der Waals surface area contributed by atoms with Gasteiger partial charge in [-0.25, -0.2) is 4.98 Å². The van der Waals surface area contributed by atoms with E-state index < -0.39 is 0 Å². The Morgan fingerprint density at radius 2 is 1.95 bits per heavy atom. The van der Waals surface area contributed by atoms with E-state index in [1.54, 1.807) is 11.3 Å². The molecular weight excluding hydrogens is 290 g/mol. The minimum Gasteiger partial charge on any atom is -0.279 e. The van der Waals surface area contributed by atoms with E-state index in [0.29, 0.717) is 0 Å². The second-order valence-electron chi connectivity index (χ2n) is 5.20. The number of hydrogen-bond donors (Lipinski definition) is 1. The first-order valence-corrected chi connectivity index (χ1v) is 7.90. The van der Waals surface area contributed by atoms with E-state index >= 15 is 0 Å². The number of thiazole rings is 1. The van der Waals surface area contributed by atoms with E-state index in [2.05, 4.69) is 72.5 Å². The third kappa shape index (κ3) is 2.78. The van der Waals surface area contributed by atoms with Gasteiger partial charge < -0.3 is 0 Å². The normalized spacial score (nSPS) is 10.5. The zero-order valence-electron chi connectivity index (χ0n) is 12.6. The molecule has 0 spiro atoms. The number of aromatic nitrogens is 1. The molecule has 0 aliphatic rings. The Morgan fingerprint density at radius 1 is 1.09 bits per heavy atom. The van der Waals surface area contributed by atoms with Crippen LogP contribution < -0.4 is 5.43 Å². The Labute approximate surface area is 134 Å². The minimum atomic E-state index is 0.973. The lowest BCUT2D eigenvalue weighted by atomic mass is 10.0. The number of nitrogens with one attached hydrogen (secondary N) is 1. The number of hydrazone groups is 1. The van der Waals surface area contributed by atoms with Crippen molar-refractivity contribution in [1.29, 1.82) is 0 Å². The number of nitrogens with zero attached hydrogens (tertiary/aromatic N) is 2. The van der Waals surface area contributed by atoms with Gasteiger partial charge in [-0.05, 0) is 43.2 Å². The molecule has 0 radical (unpaired) electrons. The summed E-state index contributed by atoms with van der Waals surface area (Å²) in [5, 5.41) is 3.72. The molecule has 0 fully saturated rings. The molecule has 0 aliphatic carbocycles. The quantitative estimate of drug-likeness (QED) is 0.536. The Balaban J connectivity index is 2.05. The van der Waals surface area contributed by atoms with Crippen LogP contribution in [0.5, 0.6) is 0 Å². The fourth-order valence-corrected chi connectivity index (χ4v) is 3.27. The summed E-state index contributed by atoms with van der Waals surface area (Å²) >= 11 is 1.66. The molecule has 1 aromatic heterocycles. The number of anilines is 1. The summed E-state index contributed by atoms with van der Waals surface area (Å²) in [7, 11) is 0. The van der Waals surface area contributed by atoms with Crippen LogP contribution in [0.15, 0.2) is 53.1 Å². The van der Waals surface area contributed by atoms with Crippen LogP contribution in [-0.4, -0.2) is 11.7 Å². The maximum Gasteiger partial charge on any atom is 0.0890 e. The fourth-order valence-electron chi connectivity index (χ4n) is 2.46. The third-order valence-electron chi connectivity index (χ3n) is 3.55. The van der Waals surface area contributed by atoms with Crippen molar-refractivity contribution in [1.82, 2.24) is 4.98 Å². The second kappa shape index (κ2) is 6.12. The number of benzene rings is 2. The Bertz CT molecular complexity index is 821. The van der Waals surface area contributed by atoms with Gasteiger partial charge in [0.1, 0.15) is 0 Å². The van der Waals surface area contributed by atoms with E-state index in [1.165, 1.54) is 16.0 Å². The highest BCUT2D eigenvalue weighted by atomic mass is 32.1. The second-order valence-corrected chi connectivity index (χ2v) is 6.05. The van der Waals surface area contributed by atoms with Gasteiger partial charge in [0.05, 0.1) is 21.8 Å². The van der Waals surface area contributed by atoms with E-state index in [9.17, 15) is 0 Å². The van der Waals surface area contributed by atoms with Gasteiger partial charge in [0.25, 0.3) is 0 Å². The van der Waals surface area contributed by atoms with Gasteiger partial charge in [0.15, 0.2) is 0 Å². The van der Waals surface area contributed by atoms with Crippen molar-refractivity contribution in [2.45, 2.75) is 13.8 Å². The van der Waals surface area contributed by atoms with Crippen LogP contribution in [0.3, 0.4) is 0 Å². The highest BCUT2D eigenvalue weighted by Crippen LogP contribution is 2.36. The smallest absolute Gasteiger partial charge is 0.0890 e. The molecule has 1 heterocycles. The molecule has 2 aromatic carbocycles. The van der Waals surface area contributed by atoms with Crippen LogP contribution >= 0.6 is 11.3 Å². The van der Waals surface area contributed by atoms with Crippen molar-refractivity contribution in [3.63, 3.8) is 0 Å². The summed E-state index contributed by atoms with van der Waals surface area (Å²) in [6, 6.07) is 14.7. The van der Waals surface area contributed by atoms with Crippen molar-refractivity contribution in [3.05, 3.63) is 59.1 Å². The molecule has 3 nitrogen and oxygen atoms in total. The maximum absolute atomic E-state index is 4.57. The molecule has 0 unspecified atom stereocenters. The standard InChI is InChI=1S/C18H17N3S/c1-12-5-4-6-14(9-12)17-18(22-11-20-17)15-7-8-16(21-19-3)13(2)10-15/h4-11,21H,3H2,1-2H3.